The van der Waals surface area contributed by atoms with Crippen LogP contribution in [0.4, 0.5) is 14.5 Å². The highest BCUT2D eigenvalue weighted by Crippen LogP contribution is 2.21. The lowest BCUT2D eigenvalue weighted by Crippen LogP contribution is -2.37. The molecule has 1 fully saturated rings. The zero-order valence-corrected chi connectivity index (χ0v) is 16.7. The van der Waals surface area contributed by atoms with Gasteiger partial charge in [-0.2, -0.15) is 0 Å². The van der Waals surface area contributed by atoms with E-state index in [9.17, 15) is 23.2 Å². The average Bonchev–Trinajstić information content (AvgIpc) is 2.78. The maximum Gasteiger partial charge on any atom is 0.254 e. The molecule has 3 aromatic rings. The largest absolute Gasteiger partial charge is 0.339 e. The fourth-order valence-electron chi connectivity index (χ4n) is 3.87. The Labute approximate surface area is 177 Å². The number of nitrogens with zero attached hydrogens (tertiary/aromatic N) is 2. The number of anilines is 1. The maximum absolute atomic E-state index is 13.8. The first kappa shape index (κ1) is 20.7. The molecule has 0 bridgehead atoms. The van der Waals surface area contributed by atoms with Gasteiger partial charge in [-0.15, -0.1) is 0 Å². The number of benzene rings is 2. The number of para-hydroxylation sites is 1. The maximum atomic E-state index is 13.8. The number of halogens is 2. The molecule has 1 saturated heterocycles. The summed E-state index contributed by atoms with van der Waals surface area (Å²) in [6.07, 6.45) is 2.93. The lowest BCUT2D eigenvalue weighted by Gasteiger charge is -2.27. The molecule has 0 atom stereocenters. The van der Waals surface area contributed by atoms with E-state index in [0.29, 0.717) is 29.6 Å². The summed E-state index contributed by atoms with van der Waals surface area (Å²) in [5.41, 5.74) is -0.103. The molecule has 1 N–H and O–H groups in total. The Bertz CT molecular complexity index is 1220. The van der Waals surface area contributed by atoms with E-state index < -0.39 is 29.6 Å². The molecule has 2 heterocycles. The molecule has 0 saturated carbocycles. The number of pyridine rings is 1. The summed E-state index contributed by atoms with van der Waals surface area (Å²) in [5, 5.41) is 2.85. The minimum atomic E-state index is -0.783. The Balaban J connectivity index is 1.67. The molecule has 1 aliphatic heterocycles. The van der Waals surface area contributed by atoms with Crippen molar-refractivity contribution >= 4 is 28.4 Å². The van der Waals surface area contributed by atoms with Crippen LogP contribution in [0.3, 0.4) is 0 Å². The third-order valence-electron chi connectivity index (χ3n) is 5.40. The number of nitrogens with one attached hydrogen (secondary N) is 1. The first-order valence-corrected chi connectivity index (χ1v) is 10.1. The van der Waals surface area contributed by atoms with Crippen LogP contribution in [0, 0.1) is 11.6 Å². The third kappa shape index (κ3) is 4.33. The highest BCUT2D eigenvalue weighted by molar-refractivity contribution is 6.06. The summed E-state index contributed by atoms with van der Waals surface area (Å²) in [6, 6.07) is 10.8. The Morgan fingerprint density at radius 3 is 2.48 bits per heavy atom. The van der Waals surface area contributed by atoms with Crippen molar-refractivity contribution < 1.29 is 18.4 Å². The molecule has 8 heteroatoms. The number of aromatic nitrogens is 1. The van der Waals surface area contributed by atoms with Gasteiger partial charge < -0.3 is 10.2 Å². The van der Waals surface area contributed by atoms with E-state index in [1.54, 1.807) is 29.2 Å². The van der Waals surface area contributed by atoms with Crippen molar-refractivity contribution in [3.05, 3.63) is 76.1 Å². The molecule has 0 aliphatic carbocycles. The van der Waals surface area contributed by atoms with E-state index in [4.69, 9.17) is 0 Å². The fourth-order valence-corrected chi connectivity index (χ4v) is 3.87. The molecule has 0 unspecified atom stereocenters. The second kappa shape index (κ2) is 8.67. The van der Waals surface area contributed by atoms with Crippen molar-refractivity contribution in [2.45, 2.75) is 25.8 Å². The van der Waals surface area contributed by atoms with Crippen LogP contribution in [0.25, 0.3) is 10.9 Å². The number of hydrogen-bond donors (Lipinski definition) is 1. The standard InChI is InChI=1S/C23H21F2N3O3/c24-15-8-9-18(25)19(12-15)26-21(29)14-28-20-7-3-2-6-16(20)17(13-22(28)30)23(31)27-10-4-1-5-11-27/h2-3,6-9,12-13H,1,4-5,10-11,14H2,(H,26,29). The summed E-state index contributed by atoms with van der Waals surface area (Å²) < 4.78 is 28.4. The van der Waals surface area contributed by atoms with Crippen molar-refractivity contribution in [1.29, 1.82) is 0 Å². The molecule has 1 aliphatic rings. The number of hydrogen-bond acceptors (Lipinski definition) is 3. The molecule has 4 rings (SSSR count). The van der Waals surface area contributed by atoms with E-state index in [-0.39, 0.29) is 11.6 Å². The first-order valence-electron chi connectivity index (χ1n) is 10.1. The molecule has 31 heavy (non-hydrogen) atoms. The van der Waals surface area contributed by atoms with Crippen LogP contribution in [-0.4, -0.2) is 34.4 Å². The molecule has 160 valence electrons. The monoisotopic (exact) mass is 425 g/mol. The van der Waals surface area contributed by atoms with E-state index in [0.717, 1.165) is 37.5 Å². The summed E-state index contributed by atoms with van der Waals surface area (Å²) >= 11 is 0. The first-order chi connectivity index (χ1) is 14.9. The lowest BCUT2D eigenvalue weighted by molar-refractivity contribution is -0.116. The number of likely N-dealkylation sites (tertiary alicyclic amines) is 1. The molecule has 1 aromatic heterocycles. The van der Waals surface area contributed by atoms with Crippen LogP contribution in [-0.2, 0) is 11.3 Å². The van der Waals surface area contributed by atoms with Gasteiger partial charge in [-0.25, -0.2) is 8.78 Å². The van der Waals surface area contributed by atoms with Crippen molar-refractivity contribution in [3.8, 4) is 0 Å². The number of piperidine rings is 1. The predicted molar refractivity (Wildman–Crippen MR) is 113 cm³/mol. The Hall–Kier alpha value is -3.55. The van der Waals surface area contributed by atoms with Crippen LogP contribution in [0.1, 0.15) is 29.6 Å². The van der Waals surface area contributed by atoms with Crippen molar-refractivity contribution in [2.75, 3.05) is 18.4 Å². The van der Waals surface area contributed by atoms with Crippen LogP contribution in [0.15, 0.2) is 53.3 Å². The molecule has 0 spiro atoms. The van der Waals surface area contributed by atoms with Gasteiger partial charge in [0.1, 0.15) is 18.2 Å². The van der Waals surface area contributed by atoms with Crippen LogP contribution < -0.4 is 10.9 Å². The molecule has 2 aromatic carbocycles. The van der Waals surface area contributed by atoms with Gasteiger partial charge >= 0.3 is 0 Å². The van der Waals surface area contributed by atoms with Gasteiger partial charge in [-0.1, -0.05) is 18.2 Å². The van der Waals surface area contributed by atoms with E-state index in [1.165, 1.54) is 10.6 Å². The van der Waals surface area contributed by atoms with Crippen LogP contribution >= 0.6 is 0 Å². The predicted octanol–water partition coefficient (Wildman–Crippen LogP) is 3.54. The third-order valence-corrected chi connectivity index (χ3v) is 5.40. The number of carbonyl (C=O) groups excluding carboxylic acids is 2. The highest BCUT2D eigenvalue weighted by Gasteiger charge is 2.22. The Morgan fingerprint density at radius 2 is 1.71 bits per heavy atom. The quantitative estimate of drug-likeness (QED) is 0.695. The average molecular weight is 425 g/mol. The van der Waals surface area contributed by atoms with Gasteiger partial charge in [-0.3, -0.25) is 19.0 Å². The van der Waals surface area contributed by atoms with Crippen LogP contribution in [0.2, 0.25) is 0 Å². The van der Waals surface area contributed by atoms with Crippen LogP contribution in [0.5, 0.6) is 0 Å². The number of fused-ring (bicyclic) bond motifs is 1. The smallest absolute Gasteiger partial charge is 0.254 e. The molecular weight excluding hydrogens is 404 g/mol. The molecule has 0 radical (unpaired) electrons. The topological polar surface area (TPSA) is 71.4 Å². The summed E-state index contributed by atoms with van der Waals surface area (Å²) in [5.74, 6) is -2.37. The van der Waals surface area contributed by atoms with E-state index in [1.807, 2.05) is 0 Å². The zero-order valence-electron chi connectivity index (χ0n) is 16.7. The van der Waals surface area contributed by atoms with Crippen molar-refractivity contribution in [1.82, 2.24) is 9.47 Å². The second-order valence-corrected chi connectivity index (χ2v) is 7.52. The minimum Gasteiger partial charge on any atom is -0.339 e. The van der Waals surface area contributed by atoms with Gasteiger partial charge in [-0.05, 0) is 37.5 Å². The number of amides is 2. The fraction of sp³-hybridized carbons (Fsp3) is 0.261. The van der Waals surface area contributed by atoms with Crippen molar-refractivity contribution in [2.24, 2.45) is 0 Å². The Morgan fingerprint density at radius 1 is 0.968 bits per heavy atom. The summed E-state index contributed by atoms with van der Waals surface area (Å²) in [6.45, 7) is 0.892. The van der Waals surface area contributed by atoms with Gasteiger partial charge in [0.25, 0.3) is 11.5 Å². The van der Waals surface area contributed by atoms with Gasteiger partial charge in [0.2, 0.25) is 5.91 Å². The minimum absolute atomic E-state index is 0.202. The SMILES string of the molecule is O=C(Cn1c(=O)cc(C(=O)N2CCCCC2)c2ccccc21)Nc1cc(F)ccc1F. The van der Waals surface area contributed by atoms with Crippen molar-refractivity contribution in [3.63, 3.8) is 0 Å². The van der Waals surface area contributed by atoms with Gasteiger partial charge in [0, 0.05) is 30.6 Å². The summed E-state index contributed by atoms with van der Waals surface area (Å²) in [4.78, 5) is 40.1. The zero-order chi connectivity index (χ0) is 22.0. The second-order valence-electron chi connectivity index (χ2n) is 7.52. The Kier molecular flexibility index (Phi) is 5.79. The molecule has 2 amide bonds. The van der Waals surface area contributed by atoms with Gasteiger partial charge in [0.05, 0.1) is 16.8 Å². The van der Waals surface area contributed by atoms with E-state index in [2.05, 4.69) is 5.32 Å². The molecule has 6 nitrogen and oxygen atoms in total. The molecular formula is C23H21F2N3O3. The highest BCUT2D eigenvalue weighted by atomic mass is 19.1. The normalized spacial score (nSPS) is 13.9. The van der Waals surface area contributed by atoms with E-state index >= 15 is 0 Å². The summed E-state index contributed by atoms with van der Waals surface area (Å²) in [7, 11) is 0. The number of carbonyl (C=O) groups is 2. The van der Waals surface area contributed by atoms with Gasteiger partial charge in [0.15, 0.2) is 0 Å². The lowest BCUT2D eigenvalue weighted by atomic mass is 10.0. The number of rotatable bonds is 4.